The van der Waals surface area contributed by atoms with E-state index in [0.717, 1.165) is 22.5 Å². The van der Waals surface area contributed by atoms with Gasteiger partial charge in [0.25, 0.3) is 0 Å². The Hall–Kier alpha value is -3.27. The molecule has 1 heterocycles. The summed E-state index contributed by atoms with van der Waals surface area (Å²) >= 11 is 0. The molecule has 1 aromatic heterocycles. The van der Waals surface area contributed by atoms with E-state index in [-0.39, 0.29) is 5.56 Å². The monoisotopic (exact) mass is 308 g/mol. The van der Waals surface area contributed by atoms with E-state index in [2.05, 4.69) is 20.8 Å². The first-order chi connectivity index (χ1) is 11.2. The highest BCUT2D eigenvalue weighted by atomic mass is 19.1. The predicted octanol–water partition coefficient (Wildman–Crippen LogP) is 2.59. The van der Waals surface area contributed by atoms with Crippen LogP contribution in [-0.2, 0) is 6.54 Å². The van der Waals surface area contributed by atoms with Gasteiger partial charge in [-0.05, 0) is 52.7 Å². The van der Waals surface area contributed by atoms with Gasteiger partial charge in [0.15, 0.2) is 0 Å². The topological polar surface area (TPSA) is 79.4 Å². The number of hydrogen-bond donors (Lipinski definition) is 1. The maximum absolute atomic E-state index is 13.3. The van der Waals surface area contributed by atoms with E-state index in [1.807, 2.05) is 31.2 Å². The SMILES string of the molecule is Cc1ccc(-n2cnnn2)cc1NCc1ccc(F)c(C#N)c1. The third-order valence-electron chi connectivity index (χ3n) is 3.47. The number of aryl methyl sites for hydroxylation is 1. The molecule has 0 saturated heterocycles. The highest BCUT2D eigenvalue weighted by molar-refractivity contribution is 5.56. The second-order valence-corrected chi connectivity index (χ2v) is 5.03. The van der Waals surface area contributed by atoms with Crippen molar-refractivity contribution in [1.29, 1.82) is 5.26 Å². The van der Waals surface area contributed by atoms with Gasteiger partial charge < -0.3 is 5.32 Å². The van der Waals surface area contributed by atoms with Crippen molar-refractivity contribution in [3.05, 3.63) is 65.2 Å². The number of nitriles is 1. The highest BCUT2D eigenvalue weighted by Gasteiger charge is 2.05. The van der Waals surface area contributed by atoms with E-state index in [0.29, 0.717) is 6.54 Å². The van der Waals surface area contributed by atoms with Crippen LogP contribution in [0, 0.1) is 24.1 Å². The van der Waals surface area contributed by atoms with E-state index in [1.54, 1.807) is 16.8 Å². The molecule has 0 fully saturated rings. The van der Waals surface area contributed by atoms with E-state index < -0.39 is 5.82 Å². The lowest BCUT2D eigenvalue weighted by atomic mass is 10.1. The van der Waals surface area contributed by atoms with Gasteiger partial charge in [-0.3, -0.25) is 0 Å². The molecular weight excluding hydrogens is 295 g/mol. The Kier molecular flexibility index (Phi) is 3.97. The molecule has 0 amide bonds. The van der Waals surface area contributed by atoms with Gasteiger partial charge in [-0.2, -0.15) is 5.26 Å². The molecule has 0 saturated carbocycles. The first kappa shape index (κ1) is 14.7. The number of hydrogen-bond acceptors (Lipinski definition) is 5. The van der Waals surface area contributed by atoms with Crippen molar-refractivity contribution < 1.29 is 4.39 Å². The normalized spacial score (nSPS) is 10.3. The van der Waals surface area contributed by atoms with Gasteiger partial charge >= 0.3 is 0 Å². The number of nitrogens with zero attached hydrogens (tertiary/aromatic N) is 5. The number of benzene rings is 2. The van der Waals surface area contributed by atoms with E-state index in [1.165, 1.54) is 12.4 Å². The van der Waals surface area contributed by atoms with Crippen molar-refractivity contribution >= 4 is 5.69 Å². The molecule has 0 aliphatic rings. The molecule has 3 rings (SSSR count). The van der Waals surface area contributed by atoms with E-state index >= 15 is 0 Å². The Bertz CT molecular complexity index is 867. The Morgan fingerprint density at radius 1 is 1.26 bits per heavy atom. The highest BCUT2D eigenvalue weighted by Crippen LogP contribution is 2.20. The average molecular weight is 308 g/mol. The van der Waals surface area contributed by atoms with Crippen LogP contribution in [0.4, 0.5) is 10.1 Å². The fourth-order valence-corrected chi connectivity index (χ4v) is 2.19. The zero-order valence-corrected chi connectivity index (χ0v) is 12.4. The van der Waals surface area contributed by atoms with Crippen LogP contribution in [0.5, 0.6) is 0 Å². The van der Waals surface area contributed by atoms with E-state index in [4.69, 9.17) is 5.26 Å². The minimum Gasteiger partial charge on any atom is -0.381 e. The molecule has 2 aromatic carbocycles. The summed E-state index contributed by atoms with van der Waals surface area (Å²) in [7, 11) is 0. The number of halogens is 1. The maximum atomic E-state index is 13.3. The van der Waals surface area contributed by atoms with Crippen molar-refractivity contribution in [1.82, 2.24) is 20.2 Å². The van der Waals surface area contributed by atoms with Crippen LogP contribution >= 0.6 is 0 Å². The minimum atomic E-state index is -0.506. The summed E-state index contributed by atoms with van der Waals surface area (Å²) in [5.74, 6) is -0.506. The summed E-state index contributed by atoms with van der Waals surface area (Å²) in [5, 5.41) is 23.3. The fraction of sp³-hybridized carbons (Fsp3) is 0.125. The van der Waals surface area contributed by atoms with Gasteiger partial charge in [-0.25, -0.2) is 9.07 Å². The van der Waals surface area contributed by atoms with Crippen molar-refractivity contribution in [3.63, 3.8) is 0 Å². The summed E-state index contributed by atoms with van der Waals surface area (Å²) in [6, 6.07) is 12.2. The molecule has 114 valence electrons. The minimum absolute atomic E-state index is 0.0449. The standard InChI is InChI=1S/C16H13FN6/c1-11-2-4-14(23-10-20-21-22-23)7-16(11)19-9-12-3-5-15(17)13(6-12)8-18/h2-7,10,19H,9H2,1H3. The van der Waals surface area contributed by atoms with Gasteiger partial charge in [-0.15, -0.1) is 5.10 Å². The van der Waals surface area contributed by atoms with Crippen molar-refractivity contribution in [2.75, 3.05) is 5.32 Å². The smallest absolute Gasteiger partial charge is 0.143 e. The second kappa shape index (κ2) is 6.23. The molecule has 1 N–H and O–H groups in total. The second-order valence-electron chi connectivity index (χ2n) is 5.03. The quantitative estimate of drug-likeness (QED) is 0.801. The number of aromatic nitrogens is 4. The van der Waals surface area contributed by atoms with Crippen molar-refractivity contribution in [3.8, 4) is 11.8 Å². The Balaban J connectivity index is 1.81. The third-order valence-corrected chi connectivity index (χ3v) is 3.47. The van der Waals surface area contributed by atoms with Gasteiger partial charge in [0, 0.05) is 12.2 Å². The molecule has 0 aliphatic heterocycles. The summed E-state index contributed by atoms with van der Waals surface area (Å²) in [6.45, 7) is 2.46. The van der Waals surface area contributed by atoms with Crippen LogP contribution < -0.4 is 5.32 Å². The first-order valence-corrected chi connectivity index (χ1v) is 6.94. The summed E-state index contributed by atoms with van der Waals surface area (Å²) < 4.78 is 14.9. The van der Waals surface area contributed by atoms with Crippen LogP contribution in [0.25, 0.3) is 5.69 Å². The molecule has 0 unspecified atom stereocenters. The van der Waals surface area contributed by atoms with Gasteiger partial charge in [0.05, 0.1) is 11.3 Å². The number of anilines is 1. The van der Waals surface area contributed by atoms with Crippen LogP contribution in [0.15, 0.2) is 42.7 Å². The number of tetrazole rings is 1. The number of nitrogens with one attached hydrogen (secondary N) is 1. The molecule has 0 atom stereocenters. The average Bonchev–Trinajstić information content (AvgIpc) is 3.10. The molecule has 0 bridgehead atoms. The summed E-state index contributed by atoms with van der Waals surface area (Å²) in [5.41, 5.74) is 3.68. The van der Waals surface area contributed by atoms with Gasteiger partial charge in [0.1, 0.15) is 18.2 Å². The van der Waals surface area contributed by atoms with Crippen molar-refractivity contribution in [2.24, 2.45) is 0 Å². The van der Waals surface area contributed by atoms with Crippen LogP contribution in [0.3, 0.4) is 0 Å². The van der Waals surface area contributed by atoms with Crippen LogP contribution in [0.1, 0.15) is 16.7 Å². The largest absolute Gasteiger partial charge is 0.381 e. The Labute approximate surface area is 132 Å². The molecule has 0 aliphatic carbocycles. The van der Waals surface area contributed by atoms with E-state index in [9.17, 15) is 4.39 Å². The van der Waals surface area contributed by atoms with Crippen LogP contribution in [0.2, 0.25) is 0 Å². The molecular formula is C16H13FN6. The molecule has 23 heavy (non-hydrogen) atoms. The molecule has 0 spiro atoms. The Morgan fingerprint density at radius 3 is 2.87 bits per heavy atom. The van der Waals surface area contributed by atoms with Crippen LogP contribution in [-0.4, -0.2) is 20.2 Å². The molecule has 3 aromatic rings. The summed E-state index contributed by atoms with van der Waals surface area (Å²) in [4.78, 5) is 0. The lowest BCUT2D eigenvalue weighted by molar-refractivity contribution is 0.623. The fourth-order valence-electron chi connectivity index (χ4n) is 2.19. The Morgan fingerprint density at radius 2 is 2.13 bits per heavy atom. The maximum Gasteiger partial charge on any atom is 0.143 e. The lowest BCUT2D eigenvalue weighted by Gasteiger charge is -2.11. The molecule has 0 radical (unpaired) electrons. The first-order valence-electron chi connectivity index (χ1n) is 6.94. The predicted molar refractivity (Wildman–Crippen MR) is 82.3 cm³/mol. The zero-order valence-electron chi connectivity index (χ0n) is 12.4. The zero-order chi connectivity index (χ0) is 16.2. The van der Waals surface area contributed by atoms with Gasteiger partial charge in [0.2, 0.25) is 0 Å². The molecule has 6 nitrogen and oxygen atoms in total. The van der Waals surface area contributed by atoms with Crippen molar-refractivity contribution in [2.45, 2.75) is 13.5 Å². The summed E-state index contributed by atoms with van der Waals surface area (Å²) in [6.07, 6.45) is 1.52. The lowest BCUT2D eigenvalue weighted by Crippen LogP contribution is -2.04. The van der Waals surface area contributed by atoms with Gasteiger partial charge in [-0.1, -0.05) is 12.1 Å². The number of rotatable bonds is 4. The molecule has 7 heteroatoms. The third kappa shape index (κ3) is 3.16.